The quantitative estimate of drug-likeness (QED) is 0.529. The Labute approximate surface area is 192 Å². The SMILES string of the molecule is CCc1ccc(NC2=C(c3ccc(OC)c(OC)c3)C(=O)N(Cc3ccccn3)C2=O)cc1. The topological polar surface area (TPSA) is 80.8 Å². The number of hydrogen-bond donors (Lipinski definition) is 1. The molecule has 0 atom stereocenters. The third-order valence-corrected chi connectivity index (χ3v) is 5.52. The van der Waals surface area contributed by atoms with Crippen LogP contribution >= 0.6 is 0 Å². The first-order valence-electron chi connectivity index (χ1n) is 10.6. The number of methoxy groups -OCH3 is 2. The Kier molecular flexibility index (Phi) is 6.40. The Morgan fingerprint density at radius 3 is 2.30 bits per heavy atom. The summed E-state index contributed by atoms with van der Waals surface area (Å²) in [5.74, 6) is 0.201. The number of ether oxygens (including phenoxy) is 2. The molecule has 1 aliphatic rings. The van der Waals surface area contributed by atoms with Gasteiger partial charge in [-0.3, -0.25) is 19.5 Å². The van der Waals surface area contributed by atoms with Gasteiger partial charge in [-0.15, -0.1) is 0 Å². The Balaban J connectivity index is 1.76. The van der Waals surface area contributed by atoms with Gasteiger partial charge in [0.2, 0.25) is 0 Å². The molecule has 1 N–H and O–H groups in total. The van der Waals surface area contributed by atoms with Gasteiger partial charge in [-0.05, 0) is 53.9 Å². The molecule has 0 aliphatic carbocycles. The van der Waals surface area contributed by atoms with Crippen molar-refractivity contribution in [2.24, 2.45) is 0 Å². The van der Waals surface area contributed by atoms with Crippen molar-refractivity contribution < 1.29 is 19.1 Å². The number of imide groups is 1. The maximum Gasteiger partial charge on any atom is 0.278 e. The number of aryl methyl sites for hydroxylation is 1. The van der Waals surface area contributed by atoms with Crippen molar-refractivity contribution in [3.8, 4) is 11.5 Å². The van der Waals surface area contributed by atoms with Crippen LogP contribution in [0.15, 0.2) is 72.6 Å². The van der Waals surface area contributed by atoms with E-state index in [0.717, 1.165) is 12.1 Å². The highest BCUT2D eigenvalue weighted by Crippen LogP contribution is 2.36. The summed E-state index contributed by atoms with van der Waals surface area (Å²) in [4.78, 5) is 32.4. The Morgan fingerprint density at radius 1 is 0.909 bits per heavy atom. The molecule has 33 heavy (non-hydrogen) atoms. The van der Waals surface area contributed by atoms with E-state index < -0.39 is 11.8 Å². The number of carbonyl (C=O) groups is 2. The standard InChI is InChI=1S/C26H25N3O4/c1-4-17-8-11-19(12-9-17)28-24-23(18-10-13-21(32-2)22(15-18)33-3)25(30)29(26(24)31)16-20-7-5-6-14-27-20/h5-15,28H,4,16H2,1-3H3. The molecule has 4 rings (SSSR count). The largest absolute Gasteiger partial charge is 0.493 e. The van der Waals surface area contributed by atoms with Gasteiger partial charge in [0, 0.05) is 11.9 Å². The first-order chi connectivity index (χ1) is 16.0. The molecule has 168 valence electrons. The lowest BCUT2D eigenvalue weighted by Crippen LogP contribution is -2.32. The van der Waals surface area contributed by atoms with Gasteiger partial charge in [0.1, 0.15) is 5.70 Å². The normalized spacial score (nSPS) is 13.5. The molecule has 0 radical (unpaired) electrons. The molecule has 0 bridgehead atoms. The smallest absolute Gasteiger partial charge is 0.278 e. The number of anilines is 1. The van der Waals surface area contributed by atoms with Crippen molar-refractivity contribution in [3.63, 3.8) is 0 Å². The average molecular weight is 444 g/mol. The number of amides is 2. The summed E-state index contributed by atoms with van der Waals surface area (Å²) < 4.78 is 10.7. The van der Waals surface area contributed by atoms with Crippen molar-refractivity contribution in [1.29, 1.82) is 0 Å². The number of hydrogen-bond acceptors (Lipinski definition) is 6. The second-order valence-electron chi connectivity index (χ2n) is 7.51. The fraction of sp³-hybridized carbons (Fsp3) is 0.192. The predicted molar refractivity (Wildman–Crippen MR) is 126 cm³/mol. The van der Waals surface area contributed by atoms with Crippen molar-refractivity contribution in [2.75, 3.05) is 19.5 Å². The minimum atomic E-state index is -0.407. The molecular weight excluding hydrogens is 418 g/mol. The molecule has 7 heteroatoms. The Morgan fingerprint density at radius 2 is 1.67 bits per heavy atom. The lowest BCUT2D eigenvalue weighted by atomic mass is 10.0. The predicted octanol–water partition coefficient (Wildman–Crippen LogP) is 4.05. The number of carbonyl (C=O) groups excluding carboxylic acids is 2. The van der Waals surface area contributed by atoms with E-state index in [1.807, 2.05) is 30.3 Å². The van der Waals surface area contributed by atoms with Crippen LogP contribution in [0.1, 0.15) is 23.7 Å². The molecule has 0 saturated carbocycles. The lowest BCUT2D eigenvalue weighted by Gasteiger charge is -2.15. The van der Waals surface area contributed by atoms with Gasteiger partial charge < -0.3 is 14.8 Å². The first-order valence-corrected chi connectivity index (χ1v) is 10.6. The van der Waals surface area contributed by atoms with Gasteiger partial charge >= 0.3 is 0 Å². The van der Waals surface area contributed by atoms with Gasteiger partial charge in [-0.1, -0.05) is 31.2 Å². The average Bonchev–Trinajstić information content (AvgIpc) is 3.08. The molecule has 1 aromatic heterocycles. The number of nitrogens with one attached hydrogen (secondary N) is 1. The molecule has 2 aromatic carbocycles. The molecule has 0 fully saturated rings. The van der Waals surface area contributed by atoms with E-state index in [1.165, 1.54) is 17.6 Å². The molecular formula is C26H25N3O4. The third kappa shape index (κ3) is 4.43. The van der Waals surface area contributed by atoms with Gasteiger partial charge in [0.05, 0.1) is 32.0 Å². The summed E-state index contributed by atoms with van der Waals surface area (Å²) in [7, 11) is 3.07. The Hall–Kier alpha value is -4.13. The number of rotatable bonds is 8. The van der Waals surface area contributed by atoms with Crippen LogP contribution in [0.25, 0.3) is 5.57 Å². The van der Waals surface area contributed by atoms with Crippen LogP contribution in [0.5, 0.6) is 11.5 Å². The van der Waals surface area contributed by atoms with Crippen LogP contribution in [-0.2, 0) is 22.6 Å². The van der Waals surface area contributed by atoms with Crippen LogP contribution in [0.4, 0.5) is 5.69 Å². The van der Waals surface area contributed by atoms with Gasteiger partial charge in [-0.2, -0.15) is 0 Å². The molecule has 1 aliphatic heterocycles. The monoisotopic (exact) mass is 443 g/mol. The molecule has 0 saturated heterocycles. The van der Waals surface area contributed by atoms with Crippen molar-refractivity contribution in [3.05, 3.63) is 89.4 Å². The fourth-order valence-corrected chi connectivity index (χ4v) is 3.72. The summed E-state index contributed by atoms with van der Waals surface area (Å²) in [6.07, 6.45) is 2.55. The second kappa shape index (κ2) is 9.56. The van der Waals surface area contributed by atoms with Crippen LogP contribution < -0.4 is 14.8 Å². The number of nitrogens with zero attached hydrogens (tertiary/aromatic N) is 2. The van der Waals surface area contributed by atoms with Crippen LogP contribution in [-0.4, -0.2) is 35.9 Å². The van der Waals surface area contributed by atoms with Crippen molar-refractivity contribution in [2.45, 2.75) is 19.9 Å². The third-order valence-electron chi connectivity index (χ3n) is 5.52. The van der Waals surface area contributed by atoms with E-state index in [4.69, 9.17) is 9.47 Å². The van der Waals surface area contributed by atoms with Crippen molar-refractivity contribution >= 4 is 23.1 Å². The van der Waals surface area contributed by atoms with Gasteiger partial charge in [0.15, 0.2) is 11.5 Å². The zero-order chi connectivity index (χ0) is 23.4. The molecule has 2 heterocycles. The summed E-state index contributed by atoms with van der Waals surface area (Å²) >= 11 is 0. The maximum absolute atomic E-state index is 13.5. The van der Waals surface area contributed by atoms with E-state index in [1.54, 1.807) is 43.6 Å². The number of aromatic nitrogens is 1. The van der Waals surface area contributed by atoms with E-state index in [0.29, 0.717) is 22.8 Å². The zero-order valence-electron chi connectivity index (χ0n) is 18.8. The number of pyridine rings is 1. The summed E-state index contributed by atoms with van der Waals surface area (Å²) in [5, 5.41) is 3.18. The first kappa shape index (κ1) is 22.1. The zero-order valence-corrected chi connectivity index (χ0v) is 18.8. The fourth-order valence-electron chi connectivity index (χ4n) is 3.72. The minimum absolute atomic E-state index is 0.0786. The maximum atomic E-state index is 13.5. The van der Waals surface area contributed by atoms with E-state index in [-0.39, 0.29) is 17.8 Å². The van der Waals surface area contributed by atoms with Crippen LogP contribution in [0.3, 0.4) is 0 Å². The Bertz CT molecular complexity index is 1200. The molecule has 7 nitrogen and oxygen atoms in total. The number of benzene rings is 2. The summed E-state index contributed by atoms with van der Waals surface area (Å²) in [6.45, 7) is 2.16. The van der Waals surface area contributed by atoms with Crippen LogP contribution in [0, 0.1) is 0 Å². The second-order valence-corrected chi connectivity index (χ2v) is 7.51. The van der Waals surface area contributed by atoms with Crippen molar-refractivity contribution in [1.82, 2.24) is 9.88 Å². The lowest BCUT2D eigenvalue weighted by molar-refractivity contribution is -0.137. The van der Waals surface area contributed by atoms with Gasteiger partial charge in [0.25, 0.3) is 11.8 Å². The summed E-state index contributed by atoms with van der Waals surface area (Å²) in [5.41, 5.74) is 3.58. The molecule has 0 spiro atoms. The van der Waals surface area contributed by atoms with E-state index in [2.05, 4.69) is 17.2 Å². The minimum Gasteiger partial charge on any atom is -0.493 e. The highest BCUT2D eigenvalue weighted by atomic mass is 16.5. The highest BCUT2D eigenvalue weighted by molar-refractivity contribution is 6.36. The van der Waals surface area contributed by atoms with Gasteiger partial charge in [-0.25, -0.2) is 0 Å². The summed E-state index contributed by atoms with van der Waals surface area (Å²) in [6, 6.07) is 18.3. The molecule has 0 unspecified atom stereocenters. The van der Waals surface area contributed by atoms with E-state index in [9.17, 15) is 9.59 Å². The molecule has 3 aromatic rings. The molecule has 2 amide bonds. The van der Waals surface area contributed by atoms with E-state index >= 15 is 0 Å². The van der Waals surface area contributed by atoms with Crippen LogP contribution in [0.2, 0.25) is 0 Å². The highest BCUT2D eigenvalue weighted by Gasteiger charge is 2.39.